The van der Waals surface area contributed by atoms with Crippen molar-refractivity contribution in [2.24, 2.45) is 0 Å². The molecular weight excluding hydrogens is 329 g/mol. The van der Waals surface area contributed by atoms with Crippen LogP contribution >= 0.6 is 0 Å². The third-order valence-electron chi connectivity index (χ3n) is 3.58. The quantitative estimate of drug-likeness (QED) is 0.760. The van der Waals surface area contributed by atoms with E-state index in [0.29, 0.717) is 18.7 Å². The number of hydrogen-bond acceptors (Lipinski definition) is 1. The number of carbonyl (C=O) groups excluding carboxylic acids is 1. The molecule has 0 spiro atoms. The van der Waals surface area contributed by atoms with Gasteiger partial charge in [-0.1, -0.05) is 48.5 Å². The fraction of sp³-hybridized carbons (Fsp3) is 0.211. The molecule has 0 heterocycles. The van der Waals surface area contributed by atoms with E-state index in [4.69, 9.17) is 0 Å². The molecule has 0 atom stereocenters. The molecule has 0 aliphatic heterocycles. The SMILES string of the molecule is C=CCN(Cc1ccccc1)C(=O)NCc1ccc(C(F)(F)F)cc1. The molecule has 0 aromatic heterocycles. The lowest BCUT2D eigenvalue weighted by molar-refractivity contribution is -0.137. The van der Waals surface area contributed by atoms with Crippen LogP contribution in [-0.2, 0) is 19.3 Å². The number of nitrogens with zero attached hydrogens (tertiary/aromatic N) is 1. The van der Waals surface area contributed by atoms with Crippen molar-refractivity contribution >= 4 is 6.03 Å². The molecule has 0 aliphatic carbocycles. The number of benzene rings is 2. The Morgan fingerprint density at radius 3 is 2.24 bits per heavy atom. The summed E-state index contributed by atoms with van der Waals surface area (Å²) in [7, 11) is 0. The zero-order valence-electron chi connectivity index (χ0n) is 13.6. The fourth-order valence-corrected chi connectivity index (χ4v) is 2.28. The monoisotopic (exact) mass is 348 g/mol. The number of carbonyl (C=O) groups is 1. The van der Waals surface area contributed by atoms with Gasteiger partial charge in [0.1, 0.15) is 0 Å². The van der Waals surface area contributed by atoms with Crippen LogP contribution in [-0.4, -0.2) is 17.5 Å². The first-order valence-electron chi connectivity index (χ1n) is 7.74. The Labute approximate surface area is 144 Å². The van der Waals surface area contributed by atoms with Crippen LogP contribution in [0.15, 0.2) is 67.3 Å². The highest BCUT2D eigenvalue weighted by molar-refractivity contribution is 5.74. The highest BCUT2D eigenvalue weighted by Gasteiger charge is 2.29. The lowest BCUT2D eigenvalue weighted by atomic mass is 10.1. The Morgan fingerprint density at radius 1 is 1.04 bits per heavy atom. The number of amides is 2. The molecule has 0 fully saturated rings. The van der Waals surface area contributed by atoms with Gasteiger partial charge in [0.15, 0.2) is 0 Å². The summed E-state index contributed by atoms with van der Waals surface area (Å²) >= 11 is 0. The highest BCUT2D eigenvalue weighted by Crippen LogP contribution is 2.29. The molecule has 2 rings (SSSR count). The van der Waals surface area contributed by atoms with E-state index in [0.717, 1.165) is 17.7 Å². The second-order valence-electron chi connectivity index (χ2n) is 5.51. The van der Waals surface area contributed by atoms with Crippen LogP contribution < -0.4 is 5.32 Å². The molecule has 132 valence electrons. The number of hydrogen-bond donors (Lipinski definition) is 1. The van der Waals surface area contributed by atoms with E-state index in [9.17, 15) is 18.0 Å². The molecule has 25 heavy (non-hydrogen) atoms. The summed E-state index contributed by atoms with van der Waals surface area (Å²) < 4.78 is 37.6. The van der Waals surface area contributed by atoms with Gasteiger partial charge in [0.2, 0.25) is 0 Å². The molecule has 2 aromatic carbocycles. The molecule has 0 unspecified atom stereocenters. The zero-order valence-corrected chi connectivity index (χ0v) is 13.6. The number of urea groups is 1. The van der Waals surface area contributed by atoms with Crippen molar-refractivity contribution < 1.29 is 18.0 Å². The Balaban J connectivity index is 1.95. The van der Waals surface area contributed by atoms with Crippen molar-refractivity contribution in [3.8, 4) is 0 Å². The minimum absolute atomic E-state index is 0.152. The van der Waals surface area contributed by atoms with E-state index in [1.54, 1.807) is 11.0 Å². The Morgan fingerprint density at radius 2 is 1.68 bits per heavy atom. The maximum absolute atomic E-state index is 12.5. The van der Waals surface area contributed by atoms with Crippen LogP contribution in [0.2, 0.25) is 0 Å². The van der Waals surface area contributed by atoms with Gasteiger partial charge < -0.3 is 10.2 Å². The zero-order chi connectivity index (χ0) is 18.3. The van der Waals surface area contributed by atoms with Gasteiger partial charge in [-0.05, 0) is 23.3 Å². The molecule has 0 radical (unpaired) electrons. The molecule has 3 nitrogen and oxygen atoms in total. The van der Waals surface area contributed by atoms with Crippen LogP contribution in [0.3, 0.4) is 0 Å². The summed E-state index contributed by atoms with van der Waals surface area (Å²) in [5.41, 5.74) is 0.869. The molecule has 2 amide bonds. The highest BCUT2D eigenvalue weighted by atomic mass is 19.4. The summed E-state index contributed by atoms with van der Waals surface area (Å²) in [6.07, 6.45) is -2.74. The molecule has 0 saturated heterocycles. The minimum Gasteiger partial charge on any atom is -0.334 e. The largest absolute Gasteiger partial charge is 0.416 e. The summed E-state index contributed by atoms with van der Waals surface area (Å²) in [5, 5.41) is 2.72. The molecule has 0 aliphatic rings. The standard InChI is InChI=1S/C19H19F3N2O/c1-2-12-24(14-16-6-4-3-5-7-16)18(25)23-13-15-8-10-17(11-9-15)19(20,21)22/h2-11H,1,12-14H2,(H,23,25). The van der Waals surface area contributed by atoms with Crippen LogP contribution in [0.25, 0.3) is 0 Å². The smallest absolute Gasteiger partial charge is 0.334 e. The molecule has 0 bridgehead atoms. The van der Waals surface area contributed by atoms with Crippen molar-refractivity contribution in [1.82, 2.24) is 10.2 Å². The van der Waals surface area contributed by atoms with Gasteiger partial charge in [-0.25, -0.2) is 4.79 Å². The van der Waals surface area contributed by atoms with Gasteiger partial charge in [-0.2, -0.15) is 13.2 Å². The average Bonchev–Trinajstić information content (AvgIpc) is 2.60. The maximum Gasteiger partial charge on any atom is 0.416 e. The van der Waals surface area contributed by atoms with Gasteiger partial charge in [0, 0.05) is 19.6 Å². The van der Waals surface area contributed by atoms with Crippen molar-refractivity contribution in [3.63, 3.8) is 0 Å². The molecule has 6 heteroatoms. The van der Waals surface area contributed by atoms with Crippen molar-refractivity contribution in [2.75, 3.05) is 6.54 Å². The summed E-state index contributed by atoms with van der Waals surface area (Å²) in [6, 6.07) is 13.9. The molecule has 0 saturated carbocycles. The van der Waals surface area contributed by atoms with Gasteiger partial charge in [-0.3, -0.25) is 0 Å². The number of rotatable bonds is 6. The normalized spacial score (nSPS) is 11.0. The van der Waals surface area contributed by atoms with Crippen LogP contribution in [0.1, 0.15) is 16.7 Å². The number of alkyl halides is 3. The predicted octanol–water partition coefficient (Wildman–Crippen LogP) is 4.60. The van der Waals surface area contributed by atoms with Crippen molar-refractivity contribution in [1.29, 1.82) is 0 Å². The van der Waals surface area contributed by atoms with Crippen molar-refractivity contribution in [3.05, 3.63) is 83.9 Å². The lowest BCUT2D eigenvalue weighted by Crippen LogP contribution is -2.39. The molecule has 2 aromatic rings. The van der Waals surface area contributed by atoms with Gasteiger partial charge >= 0.3 is 12.2 Å². The minimum atomic E-state index is -4.36. The van der Waals surface area contributed by atoms with Gasteiger partial charge in [-0.15, -0.1) is 6.58 Å². The first kappa shape index (κ1) is 18.6. The Hall–Kier alpha value is -2.76. The summed E-state index contributed by atoms with van der Waals surface area (Å²) in [5.74, 6) is 0. The van der Waals surface area contributed by atoms with Gasteiger partial charge in [0.05, 0.1) is 5.56 Å². The van der Waals surface area contributed by atoms with E-state index >= 15 is 0 Å². The third-order valence-corrected chi connectivity index (χ3v) is 3.58. The second kappa shape index (κ2) is 8.37. The van der Waals surface area contributed by atoms with Crippen molar-refractivity contribution in [2.45, 2.75) is 19.3 Å². The van der Waals surface area contributed by atoms with Crippen LogP contribution in [0, 0.1) is 0 Å². The molecular formula is C19H19F3N2O. The van der Waals surface area contributed by atoms with E-state index in [1.807, 2.05) is 30.3 Å². The Kier molecular flexibility index (Phi) is 6.22. The predicted molar refractivity (Wildman–Crippen MR) is 90.7 cm³/mol. The van der Waals surface area contributed by atoms with Crippen LogP contribution in [0.4, 0.5) is 18.0 Å². The van der Waals surface area contributed by atoms with E-state index < -0.39 is 11.7 Å². The maximum atomic E-state index is 12.5. The van der Waals surface area contributed by atoms with Crippen LogP contribution in [0.5, 0.6) is 0 Å². The fourth-order valence-electron chi connectivity index (χ4n) is 2.28. The average molecular weight is 348 g/mol. The van der Waals surface area contributed by atoms with E-state index in [1.165, 1.54) is 12.1 Å². The second-order valence-corrected chi connectivity index (χ2v) is 5.51. The number of nitrogens with one attached hydrogen (secondary N) is 1. The Bertz CT molecular complexity index is 697. The topological polar surface area (TPSA) is 32.3 Å². The third kappa shape index (κ3) is 5.67. The summed E-state index contributed by atoms with van der Waals surface area (Å²) in [6.45, 7) is 4.59. The summed E-state index contributed by atoms with van der Waals surface area (Å²) in [4.78, 5) is 13.9. The first-order chi connectivity index (χ1) is 11.9. The number of halogens is 3. The van der Waals surface area contributed by atoms with E-state index in [2.05, 4.69) is 11.9 Å². The van der Waals surface area contributed by atoms with Gasteiger partial charge in [0.25, 0.3) is 0 Å². The first-order valence-corrected chi connectivity index (χ1v) is 7.74. The van der Waals surface area contributed by atoms with E-state index in [-0.39, 0.29) is 12.6 Å². The molecule has 1 N–H and O–H groups in total. The lowest BCUT2D eigenvalue weighted by Gasteiger charge is -2.22.